The third kappa shape index (κ3) is 6.91. The van der Waals surface area contributed by atoms with Crippen LogP contribution in [0.4, 0.5) is 0 Å². The van der Waals surface area contributed by atoms with E-state index in [-0.39, 0.29) is 29.8 Å². The summed E-state index contributed by atoms with van der Waals surface area (Å²) in [6.07, 6.45) is 1.08. The van der Waals surface area contributed by atoms with E-state index < -0.39 is 38.2 Å². The van der Waals surface area contributed by atoms with Crippen molar-refractivity contribution in [3.05, 3.63) is 66.7 Å². The number of hydrogen-bond acceptors (Lipinski definition) is 9. The van der Waals surface area contributed by atoms with Crippen molar-refractivity contribution in [1.29, 1.82) is 0 Å². The molecule has 5 rings (SSSR count). The smallest absolute Gasteiger partial charge is 0.243 e. The predicted octanol–water partition coefficient (Wildman–Crippen LogP) is 1.95. The summed E-state index contributed by atoms with van der Waals surface area (Å²) < 4.78 is 64.3. The molecule has 12 heteroatoms. The molecule has 0 aliphatic carbocycles. The van der Waals surface area contributed by atoms with Gasteiger partial charge >= 0.3 is 0 Å². The maximum absolute atomic E-state index is 13.3. The number of aliphatic hydroxyl groups is 2. The van der Waals surface area contributed by atoms with Crippen LogP contribution < -0.4 is 10.1 Å². The molecule has 2 atom stereocenters. The van der Waals surface area contributed by atoms with E-state index in [0.717, 1.165) is 17.2 Å². The molecule has 2 fully saturated rings. The monoisotopic (exact) mass is 604 g/mol. The van der Waals surface area contributed by atoms with Gasteiger partial charge in [-0.15, -0.1) is 0 Å². The Morgan fingerprint density at radius 3 is 2.49 bits per heavy atom. The Morgan fingerprint density at radius 2 is 1.73 bits per heavy atom. The first-order valence-electron chi connectivity index (χ1n) is 13.7. The summed E-state index contributed by atoms with van der Waals surface area (Å²) in [5.74, 6) is -0.0525. The molecule has 2 heterocycles. The van der Waals surface area contributed by atoms with E-state index in [1.807, 2.05) is 30.3 Å². The van der Waals surface area contributed by atoms with Crippen molar-refractivity contribution in [1.82, 2.24) is 9.62 Å². The highest BCUT2D eigenvalue weighted by Crippen LogP contribution is 2.37. The number of nitrogens with one attached hydrogen (secondary N) is 1. The third-order valence-electron chi connectivity index (χ3n) is 7.81. The maximum Gasteiger partial charge on any atom is 0.243 e. The third-order valence-corrected chi connectivity index (χ3v) is 11.4. The Bertz CT molecular complexity index is 1570. The largest absolute Gasteiger partial charge is 0.491 e. The van der Waals surface area contributed by atoms with Gasteiger partial charge in [0.2, 0.25) is 10.0 Å². The fourth-order valence-electron chi connectivity index (χ4n) is 5.48. The second kappa shape index (κ2) is 12.3. The van der Waals surface area contributed by atoms with E-state index >= 15 is 0 Å². The molecule has 222 valence electrons. The highest BCUT2D eigenvalue weighted by Gasteiger charge is 2.44. The quantitative estimate of drug-likeness (QED) is 0.299. The average molecular weight is 605 g/mol. The van der Waals surface area contributed by atoms with Crippen molar-refractivity contribution in [2.75, 3.05) is 45.2 Å². The first kappa shape index (κ1) is 29.9. The molecule has 10 nitrogen and oxygen atoms in total. The molecular formula is C29H36N2O8S2. The first-order valence-corrected chi connectivity index (χ1v) is 16.8. The molecule has 3 aromatic carbocycles. The Hall–Kier alpha value is -2.58. The van der Waals surface area contributed by atoms with E-state index in [9.17, 15) is 21.9 Å². The SMILES string of the molecule is O=S(=O)(CCO)c1cccc(OC[C@@H](O)CN[C@H]2COC3(CCN(S(=O)(=O)c4ccc5ccccc5c4)CC3)C2)c1. The number of hydrogen-bond donors (Lipinski definition) is 3. The highest BCUT2D eigenvalue weighted by atomic mass is 32.2. The molecular weight excluding hydrogens is 568 g/mol. The average Bonchev–Trinajstić information content (AvgIpc) is 3.37. The number of sulfone groups is 1. The summed E-state index contributed by atoms with van der Waals surface area (Å²) in [4.78, 5) is 0.356. The summed E-state index contributed by atoms with van der Waals surface area (Å²) in [6.45, 7) is 0.991. The summed E-state index contributed by atoms with van der Waals surface area (Å²) >= 11 is 0. The number of piperidine rings is 1. The molecule has 0 unspecified atom stereocenters. The number of ether oxygens (including phenoxy) is 2. The maximum atomic E-state index is 13.3. The van der Waals surface area contributed by atoms with Crippen LogP contribution in [0.5, 0.6) is 5.75 Å². The minimum absolute atomic E-state index is 0.0141. The van der Waals surface area contributed by atoms with Crippen molar-refractivity contribution in [2.24, 2.45) is 0 Å². The molecule has 3 aromatic rings. The van der Waals surface area contributed by atoms with Gasteiger partial charge in [0.15, 0.2) is 9.84 Å². The number of nitrogens with zero attached hydrogens (tertiary/aromatic N) is 1. The van der Waals surface area contributed by atoms with Gasteiger partial charge in [0.25, 0.3) is 0 Å². The summed E-state index contributed by atoms with van der Waals surface area (Å²) in [6, 6.07) is 18.9. The van der Waals surface area contributed by atoms with E-state index in [4.69, 9.17) is 14.6 Å². The number of benzene rings is 3. The topological polar surface area (TPSA) is 142 Å². The fraction of sp³-hybridized carbons (Fsp3) is 0.448. The van der Waals surface area contributed by atoms with Gasteiger partial charge in [-0.2, -0.15) is 4.31 Å². The van der Waals surface area contributed by atoms with Gasteiger partial charge in [-0.25, -0.2) is 16.8 Å². The van der Waals surface area contributed by atoms with Crippen LogP contribution in [0.1, 0.15) is 19.3 Å². The van der Waals surface area contributed by atoms with E-state index in [0.29, 0.717) is 43.2 Å². The van der Waals surface area contributed by atoms with Crippen LogP contribution in [-0.2, 0) is 24.6 Å². The second-order valence-electron chi connectivity index (χ2n) is 10.7. The molecule has 2 aliphatic rings. The van der Waals surface area contributed by atoms with Gasteiger partial charge in [0.1, 0.15) is 18.5 Å². The Morgan fingerprint density at radius 1 is 0.976 bits per heavy atom. The molecule has 0 aromatic heterocycles. The molecule has 0 saturated carbocycles. The molecule has 0 bridgehead atoms. The van der Waals surface area contributed by atoms with Crippen molar-refractivity contribution in [3.8, 4) is 5.75 Å². The zero-order valence-corrected chi connectivity index (χ0v) is 24.3. The zero-order valence-electron chi connectivity index (χ0n) is 22.7. The highest BCUT2D eigenvalue weighted by molar-refractivity contribution is 7.91. The van der Waals surface area contributed by atoms with Gasteiger partial charge < -0.3 is 25.0 Å². The summed E-state index contributed by atoms with van der Waals surface area (Å²) in [7, 11) is -7.20. The van der Waals surface area contributed by atoms with Crippen LogP contribution in [0.25, 0.3) is 10.8 Å². The minimum Gasteiger partial charge on any atom is -0.491 e. The van der Waals surface area contributed by atoms with Gasteiger partial charge in [-0.05, 0) is 60.4 Å². The van der Waals surface area contributed by atoms with Crippen LogP contribution in [0.2, 0.25) is 0 Å². The van der Waals surface area contributed by atoms with Crippen molar-refractivity contribution in [2.45, 2.75) is 46.8 Å². The lowest BCUT2D eigenvalue weighted by atomic mass is 9.88. The lowest BCUT2D eigenvalue weighted by molar-refractivity contribution is -0.0312. The predicted molar refractivity (Wildman–Crippen MR) is 154 cm³/mol. The molecule has 3 N–H and O–H groups in total. The van der Waals surface area contributed by atoms with Gasteiger partial charge in [-0.1, -0.05) is 36.4 Å². The molecule has 2 saturated heterocycles. The van der Waals surface area contributed by atoms with Crippen LogP contribution >= 0.6 is 0 Å². The molecule has 1 spiro atoms. The minimum atomic E-state index is -3.61. The molecule has 2 aliphatic heterocycles. The van der Waals surface area contributed by atoms with E-state index in [1.165, 1.54) is 16.4 Å². The van der Waals surface area contributed by atoms with Crippen LogP contribution in [0.15, 0.2) is 76.5 Å². The lowest BCUT2D eigenvalue weighted by Gasteiger charge is -2.38. The number of aliphatic hydroxyl groups excluding tert-OH is 2. The first-order chi connectivity index (χ1) is 19.6. The lowest BCUT2D eigenvalue weighted by Crippen LogP contribution is -2.47. The van der Waals surface area contributed by atoms with E-state index in [1.54, 1.807) is 24.3 Å². The molecule has 0 amide bonds. The van der Waals surface area contributed by atoms with Crippen molar-refractivity contribution >= 4 is 30.6 Å². The molecule has 41 heavy (non-hydrogen) atoms. The zero-order chi connectivity index (χ0) is 29.1. The van der Waals surface area contributed by atoms with Crippen LogP contribution in [0, 0.1) is 0 Å². The fourth-order valence-corrected chi connectivity index (χ4v) is 8.02. The van der Waals surface area contributed by atoms with Crippen LogP contribution in [-0.4, -0.2) is 94.3 Å². The van der Waals surface area contributed by atoms with Crippen molar-refractivity contribution in [3.63, 3.8) is 0 Å². The van der Waals surface area contributed by atoms with E-state index in [2.05, 4.69) is 5.32 Å². The second-order valence-corrected chi connectivity index (χ2v) is 14.7. The Labute approximate surface area is 240 Å². The normalized spacial score (nSPS) is 20.4. The summed E-state index contributed by atoms with van der Waals surface area (Å²) in [5.41, 5.74) is -0.394. The van der Waals surface area contributed by atoms with Gasteiger partial charge in [-0.3, -0.25) is 0 Å². The summed E-state index contributed by atoms with van der Waals surface area (Å²) in [5, 5.41) is 24.6. The standard InChI is InChI=1S/C29H36N2O8S2/c32-14-15-40(34,35)27-7-3-6-26(17-27)38-21-25(33)19-30-24-18-29(39-20-24)10-12-31(13-11-29)41(36,37)28-9-8-22-4-1-2-5-23(22)16-28/h1-9,16-17,24-25,30,32-33H,10-15,18-21H2/t24-,25+/m1/s1. The van der Waals surface area contributed by atoms with Crippen molar-refractivity contribution < 1.29 is 36.5 Å². The molecule has 0 radical (unpaired) electrons. The van der Waals surface area contributed by atoms with Gasteiger partial charge in [0.05, 0.1) is 34.4 Å². The van der Waals surface area contributed by atoms with Gasteiger partial charge in [0, 0.05) is 25.7 Å². The van der Waals surface area contributed by atoms with Crippen LogP contribution in [0.3, 0.4) is 0 Å². The number of sulfonamides is 1. The Kier molecular flexibility index (Phi) is 9.00. The number of rotatable bonds is 11. The number of fused-ring (bicyclic) bond motifs is 1. The Balaban J connectivity index is 1.09.